The second-order valence-corrected chi connectivity index (χ2v) is 8.45. The molecule has 2 saturated heterocycles. The Morgan fingerprint density at radius 3 is 2.52 bits per heavy atom. The lowest BCUT2D eigenvalue weighted by Gasteiger charge is -2.37. The van der Waals surface area contributed by atoms with E-state index in [-0.39, 0.29) is 11.6 Å². The number of hydrogen-bond donors (Lipinski definition) is 0. The number of nitro benzene ring substituents is 1. The van der Waals surface area contributed by atoms with Gasteiger partial charge in [-0.15, -0.1) is 0 Å². The van der Waals surface area contributed by atoms with E-state index in [9.17, 15) is 14.9 Å². The van der Waals surface area contributed by atoms with Crippen LogP contribution in [0.4, 0.5) is 5.69 Å². The molecule has 0 N–H and O–H groups in total. The molecule has 0 aromatic heterocycles. The number of nitrogens with zero attached hydrogens (tertiary/aromatic N) is 2. The van der Waals surface area contributed by atoms with Crippen LogP contribution in [0.25, 0.3) is 0 Å². The van der Waals surface area contributed by atoms with Gasteiger partial charge in [-0.25, -0.2) is 0 Å². The Hall–Kier alpha value is -2.13. The van der Waals surface area contributed by atoms with E-state index in [1.807, 2.05) is 6.07 Å². The number of halogens is 1. The van der Waals surface area contributed by atoms with Crippen LogP contribution in [0.15, 0.2) is 52.3 Å². The fourth-order valence-corrected chi connectivity index (χ4v) is 4.77. The van der Waals surface area contributed by atoms with Gasteiger partial charge in [-0.1, -0.05) is 29.4 Å². The van der Waals surface area contributed by atoms with Crippen molar-refractivity contribution in [3.63, 3.8) is 0 Å². The highest BCUT2D eigenvalue weighted by atomic mass is 35.5. The topological polar surface area (TPSA) is 81.9 Å². The number of benzene rings is 2. The quantitative estimate of drug-likeness (QED) is 0.524. The van der Waals surface area contributed by atoms with Gasteiger partial charge >= 0.3 is 0 Å². The van der Waals surface area contributed by atoms with E-state index >= 15 is 0 Å². The molecule has 9 heteroatoms. The first-order valence-corrected chi connectivity index (χ1v) is 10.4. The molecule has 29 heavy (non-hydrogen) atoms. The molecule has 1 amide bonds. The normalized spacial score (nSPS) is 18.2. The first-order valence-electron chi connectivity index (χ1n) is 9.25. The van der Waals surface area contributed by atoms with Crippen molar-refractivity contribution in [1.29, 1.82) is 0 Å². The maximum Gasteiger partial charge on any atom is 0.284 e. The summed E-state index contributed by atoms with van der Waals surface area (Å²) in [6.07, 6.45) is 1.20. The molecule has 0 bridgehead atoms. The fourth-order valence-electron chi connectivity index (χ4n) is 3.56. The molecule has 7 nitrogen and oxygen atoms in total. The van der Waals surface area contributed by atoms with Gasteiger partial charge in [-0.3, -0.25) is 14.9 Å². The number of ether oxygens (including phenoxy) is 2. The van der Waals surface area contributed by atoms with Gasteiger partial charge in [-0.2, -0.15) is 0 Å². The number of rotatable bonds is 4. The van der Waals surface area contributed by atoms with Crippen molar-refractivity contribution in [3.8, 4) is 0 Å². The third-order valence-electron chi connectivity index (χ3n) is 5.05. The maximum atomic E-state index is 12.9. The van der Waals surface area contributed by atoms with Gasteiger partial charge in [-0.05, 0) is 30.3 Å². The van der Waals surface area contributed by atoms with Gasteiger partial charge in [0, 0.05) is 47.5 Å². The van der Waals surface area contributed by atoms with Crippen LogP contribution in [0.3, 0.4) is 0 Å². The number of amides is 1. The third-order valence-corrected chi connectivity index (χ3v) is 6.34. The van der Waals surface area contributed by atoms with Crippen LogP contribution >= 0.6 is 23.4 Å². The first-order chi connectivity index (χ1) is 14.0. The second-order valence-electron chi connectivity index (χ2n) is 6.90. The summed E-state index contributed by atoms with van der Waals surface area (Å²) in [5, 5.41) is 12.2. The van der Waals surface area contributed by atoms with Crippen LogP contribution in [0, 0.1) is 10.1 Å². The summed E-state index contributed by atoms with van der Waals surface area (Å²) in [5.74, 6) is -0.791. The van der Waals surface area contributed by atoms with Gasteiger partial charge < -0.3 is 14.4 Å². The molecule has 2 aromatic carbocycles. The first kappa shape index (κ1) is 20.2. The molecule has 2 aliphatic rings. The number of carbonyl (C=O) groups excluding carboxylic acids is 1. The van der Waals surface area contributed by atoms with E-state index in [1.165, 1.54) is 17.8 Å². The zero-order chi connectivity index (χ0) is 20.4. The Labute approximate surface area is 177 Å². The Balaban J connectivity index is 1.51. The highest BCUT2D eigenvalue weighted by molar-refractivity contribution is 7.99. The van der Waals surface area contributed by atoms with E-state index in [0.717, 1.165) is 4.90 Å². The largest absolute Gasteiger partial charge is 0.347 e. The molecule has 152 valence electrons. The summed E-state index contributed by atoms with van der Waals surface area (Å²) in [6.45, 7) is 2.13. The Morgan fingerprint density at radius 2 is 1.86 bits per heavy atom. The molecule has 2 aromatic rings. The summed E-state index contributed by atoms with van der Waals surface area (Å²) in [5.41, 5.74) is 0.202. The minimum Gasteiger partial charge on any atom is -0.347 e. The van der Waals surface area contributed by atoms with Gasteiger partial charge in [0.1, 0.15) is 0 Å². The van der Waals surface area contributed by atoms with E-state index in [2.05, 4.69) is 0 Å². The monoisotopic (exact) mass is 434 g/mol. The highest BCUT2D eigenvalue weighted by Gasteiger charge is 2.41. The number of carbonyl (C=O) groups is 1. The summed E-state index contributed by atoms with van der Waals surface area (Å²) in [7, 11) is 0. The van der Waals surface area contributed by atoms with E-state index in [1.54, 1.807) is 35.2 Å². The van der Waals surface area contributed by atoms with Gasteiger partial charge in [0.2, 0.25) is 0 Å². The highest BCUT2D eigenvalue weighted by Crippen LogP contribution is 2.37. The lowest BCUT2D eigenvalue weighted by molar-refractivity contribution is -0.387. The predicted octanol–water partition coefficient (Wildman–Crippen LogP) is 4.38. The van der Waals surface area contributed by atoms with Crippen molar-refractivity contribution >= 4 is 35.0 Å². The Kier molecular flexibility index (Phi) is 5.78. The van der Waals surface area contributed by atoms with Crippen molar-refractivity contribution in [2.24, 2.45) is 0 Å². The minimum absolute atomic E-state index is 0.100. The summed E-state index contributed by atoms with van der Waals surface area (Å²) in [4.78, 5) is 27.0. The molecule has 4 rings (SSSR count). The smallest absolute Gasteiger partial charge is 0.284 e. The average molecular weight is 435 g/mol. The lowest BCUT2D eigenvalue weighted by Crippen LogP contribution is -2.47. The SMILES string of the molecule is O=C(c1ccc(Sc2cccc(Cl)c2)c([N+](=O)[O-])c1)N1CCC2(CC1)OCCO2. The molecule has 2 aliphatic heterocycles. The third kappa shape index (κ3) is 4.40. The molecule has 0 saturated carbocycles. The molecule has 1 spiro atoms. The van der Waals surface area contributed by atoms with Crippen LogP contribution in [0.2, 0.25) is 5.02 Å². The standard InChI is InChI=1S/C20H19ClN2O5S/c21-15-2-1-3-16(13-15)29-18-5-4-14(12-17(18)23(25)26)19(24)22-8-6-20(7-9-22)27-10-11-28-20/h1-5,12-13H,6-11H2. The molecule has 2 heterocycles. The van der Waals surface area contributed by atoms with Crippen molar-refractivity contribution < 1.29 is 19.2 Å². The van der Waals surface area contributed by atoms with Crippen LogP contribution < -0.4 is 0 Å². The lowest BCUT2D eigenvalue weighted by atomic mass is 10.0. The van der Waals surface area contributed by atoms with Crippen molar-refractivity contribution in [1.82, 2.24) is 4.90 Å². The van der Waals surface area contributed by atoms with Gasteiger partial charge in [0.05, 0.1) is 23.0 Å². The van der Waals surface area contributed by atoms with E-state index in [0.29, 0.717) is 54.6 Å². The molecule has 2 fully saturated rings. The summed E-state index contributed by atoms with van der Waals surface area (Å²) < 4.78 is 11.4. The predicted molar refractivity (Wildman–Crippen MR) is 108 cm³/mol. The fraction of sp³-hybridized carbons (Fsp3) is 0.350. The zero-order valence-corrected chi connectivity index (χ0v) is 17.1. The molecule has 0 unspecified atom stereocenters. The summed E-state index contributed by atoms with van der Waals surface area (Å²) in [6, 6.07) is 11.7. The second kappa shape index (κ2) is 8.31. The van der Waals surface area contributed by atoms with Crippen LogP contribution in [-0.2, 0) is 9.47 Å². The molecule has 0 radical (unpaired) electrons. The van der Waals surface area contributed by atoms with Crippen LogP contribution in [-0.4, -0.2) is 47.8 Å². The van der Waals surface area contributed by atoms with E-state index < -0.39 is 10.7 Å². The number of likely N-dealkylation sites (tertiary alicyclic amines) is 1. The van der Waals surface area contributed by atoms with Crippen molar-refractivity contribution in [2.75, 3.05) is 26.3 Å². The van der Waals surface area contributed by atoms with Crippen LogP contribution in [0.5, 0.6) is 0 Å². The number of nitro groups is 1. The molecule has 0 atom stereocenters. The molecule has 0 aliphatic carbocycles. The van der Waals surface area contributed by atoms with Gasteiger partial charge in [0.25, 0.3) is 11.6 Å². The Morgan fingerprint density at radius 1 is 1.14 bits per heavy atom. The zero-order valence-electron chi connectivity index (χ0n) is 15.5. The van der Waals surface area contributed by atoms with Crippen LogP contribution in [0.1, 0.15) is 23.2 Å². The number of hydrogen-bond acceptors (Lipinski definition) is 6. The molecular formula is C20H19ClN2O5S. The number of piperidine rings is 1. The van der Waals surface area contributed by atoms with Crippen molar-refractivity contribution in [2.45, 2.75) is 28.4 Å². The maximum absolute atomic E-state index is 12.9. The van der Waals surface area contributed by atoms with Gasteiger partial charge in [0.15, 0.2) is 5.79 Å². The minimum atomic E-state index is -0.569. The molecular weight excluding hydrogens is 416 g/mol. The van der Waals surface area contributed by atoms with E-state index in [4.69, 9.17) is 21.1 Å². The average Bonchev–Trinajstić information content (AvgIpc) is 3.16. The summed E-state index contributed by atoms with van der Waals surface area (Å²) >= 11 is 7.24. The Bertz CT molecular complexity index is 938. The van der Waals surface area contributed by atoms with Crippen molar-refractivity contribution in [3.05, 3.63) is 63.2 Å².